The van der Waals surface area contributed by atoms with Crippen molar-refractivity contribution in [2.75, 3.05) is 0 Å². The highest BCUT2D eigenvalue weighted by molar-refractivity contribution is 6.59. The van der Waals surface area contributed by atoms with Crippen molar-refractivity contribution in [1.82, 2.24) is 0 Å². The Morgan fingerprint density at radius 1 is 0.833 bits per heavy atom. The lowest BCUT2D eigenvalue weighted by atomic mass is 9.99. The summed E-state index contributed by atoms with van der Waals surface area (Å²) in [5.74, 6) is -0.397. The third kappa shape index (κ3) is 2.69. The van der Waals surface area contributed by atoms with Crippen LogP contribution in [-0.2, 0) is 0 Å². The average Bonchev–Trinajstić information content (AvgIpc) is 2.34. The van der Waals surface area contributed by atoms with E-state index in [1.165, 1.54) is 6.07 Å². The summed E-state index contributed by atoms with van der Waals surface area (Å²) < 4.78 is 13.8. The molecular weight excluding hydrogens is 294 g/mol. The normalized spacial score (nSPS) is 10.2. The SMILES string of the molecule is Fc1ccccc1C(=C(Cl)Cl)c1ccccc1Cl. The zero-order valence-corrected chi connectivity index (χ0v) is 11.4. The Bertz CT molecular complexity index is 554. The molecule has 2 aromatic rings. The molecule has 92 valence electrons. The lowest BCUT2D eigenvalue weighted by Crippen LogP contribution is -1.93. The van der Waals surface area contributed by atoms with Gasteiger partial charge in [-0.15, -0.1) is 0 Å². The number of hydrogen-bond acceptors (Lipinski definition) is 0. The van der Waals surface area contributed by atoms with Crippen LogP contribution in [0.2, 0.25) is 5.02 Å². The summed E-state index contributed by atoms with van der Waals surface area (Å²) in [4.78, 5) is 0. The first-order valence-corrected chi connectivity index (χ1v) is 6.29. The van der Waals surface area contributed by atoms with Crippen molar-refractivity contribution >= 4 is 40.4 Å². The van der Waals surface area contributed by atoms with E-state index in [9.17, 15) is 4.39 Å². The fraction of sp³-hybridized carbons (Fsp3) is 0. The molecule has 0 bridgehead atoms. The van der Waals surface area contributed by atoms with Crippen LogP contribution in [0.4, 0.5) is 4.39 Å². The standard InChI is InChI=1S/C14H8Cl3F/c15-11-7-3-1-5-9(11)13(14(16)17)10-6-2-4-8-12(10)18/h1-8H. The molecule has 0 nitrogen and oxygen atoms in total. The highest BCUT2D eigenvalue weighted by Crippen LogP contribution is 2.35. The maximum Gasteiger partial charge on any atom is 0.131 e. The second-order valence-electron chi connectivity index (χ2n) is 3.60. The molecule has 0 saturated heterocycles. The van der Waals surface area contributed by atoms with Crippen LogP contribution >= 0.6 is 34.8 Å². The second-order valence-corrected chi connectivity index (χ2v) is 4.95. The summed E-state index contributed by atoms with van der Waals surface area (Å²) in [6.45, 7) is 0. The van der Waals surface area contributed by atoms with Gasteiger partial charge in [-0.25, -0.2) is 4.39 Å². The summed E-state index contributed by atoms with van der Waals surface area (Å²) in [6.07, 6.45) is 0. The van der Waals surface area contributed by atoms with Gasteiger partial charge in [0.05, 0.1) is 0 Å². The van der Waals surface area contributed by atoms with Crippen LogP contribution in [0, 0.1) is 5.82 Å². The monoisotopic (exact) mass is 300 g/mol. The van der Waals surface area contributed by atoms with Crippen LogP contribution in [-0.4, -0.2) is 0 Å². The molecular formula is C14H8Cl3F. The molecule has 0 aromatic heterocycles. The summed E-state index contributed by atoms with van der Waals surface area (Å²) in [7, 11) is 0. The minimum absolute atomic E-state index is 0.0202. The van der Waals surface area contributed by atoms with E-state index in [1.807, 2.05) is 0 Å². The summed E-state index contributed by atoms with van der Waals surface area (Å²) in [5.41, 5.74) is 1.32. The lowest BCUT2D eigenvalue weighted by molar-refractivity contribution is 0.624. The van der Waals surface area contributed by atoms with Gasteiger partial charge in [0, 0.05) is 21.7 Å². The van der Waals surface area contributed by atoms with Crippen molar-refractivity contribution in [3.8, 4) is 0 Å². The largest absolute Gasteiger partial charge is 0.206 e. The maximum atomic E-state index is 13.8. The Hall–Kier alpha value is -1.02. The molecule has 0 aliphatic rings. The van der Waals surface area contributed by atoms with E-state index >= 15 is 0 Å². The zero-order chi connectivity index (χ0) is 13.1. The first-order valence-electron chi connectivity index (χ1n) is 5.16. The van der Waals surface area contributed by atoms with Crippen molar-refractivity contribution in [2.24, 2.45) is 0 Å². The molecule has 0 aliphatic carbocycles. The molecule has 0 fully saturated rings. The van der Waals surface area contributed by atoms with Crippen molar-refractivity contribution in [2.45, 2.75) is 0 Å². The van der Waals surface area contributed by atoms with E-state index < -0.39 is 5.82 Å². The molecule has 0 N–H and O–H groups in total. The van der Waals surface area contributed by atoms with E-state index in [-0.39, 0.29) is 4.49 Å². The first-order chi connectivity index (χ1) is 8.61. The molecule has 0 heterocycles. The molecule has 0 atom stereocenters. The molecule has 0 unspecified atom stereocenters. The predicted octanol–water partition coefficient (Wildman–Crippen LogP) is 5.67. The third-order valence-corrected chi connectivity index (χ3v) is 3.18. The Kier molecular flexibility index (Phi) is 4.28. The van der Waals surface area contributed by atoms with Gasteiger partial charge in [0.25, 0.3) is 0 Å². The fourth-order valence-corrected chi connectivity index (χ4v) is 2.31. The summed E-state index contributed by atoms with van der Waals surface area (Å²) in [5, 5.41) is 0.467. The van der Waals surface area contributed by atoms with Crippen LogP contribution in [0.5, 0.6) is 0 Å². The van der Waals surface area contributed by atoms with E-state index in [0.717, 1.165) is 0 Å². The molecule has 18 heavy (non-hydrogen) atoms. The van der Waals surface area contributed by atoms with Crippen LogP contribution < -0.4 is 0 Å². The molecule has 2 rings (SSSR count). The maximum absolute atomic E-state index is 13.8. The second kappa shape index (κ2) is 5.75. The molecule has 0 aliphatic heterocycles. The number of hydrogen-bond donors (Lipinski definition) is 0. The van der Waals surface area contributed by atoms with E-state index in [0.29, 0.717) is 21.7 Å². The fourth-order valence-electron chi connectivity index (χ4n) is 1.68. The van der Waals surface area contributed by atoms with Gasteiger partial charge in [0.2, 0.25) is 0 Å². The Balaban J connectivity index is 2.68. The Morgan fingerprint density at radius 3 is 1.94 bits per heavy atom. The molecule has 0 radical (unpaired) electrons. The van der Waals surface area contributed by atoms with Crippen molar-refractivity contribution < 1.29 is 4.39 Å². The first kappa shape index (κ1) is 13.4. The zero-order valence-electron chi connectivity index (χ0n) is 9.13. The Labute approximate surface area is 120 Å². The quantitative estimate of drug-likeness (QED) is 0.670. The van der Waals surface area contributed by atoms with Gasteiger partial charge in [-0.1, -0.05) is 71.2 Å². The highest BCUT2D eigenvalue weighted by Gasteiger charge is 2.15. The number of benzene rings is 2. The molecule has 0 amide bonds. The smallest absolute Gasteiger partial charge is 0.131 e. The Morgan fingerprint density at radius 2 is 1.39 bits per heavy atom. The molecule has 4 heteroatoms. The van der Waals surface area contributed by atoms with Gasteiger partial charge in [-0.2, -0.15) is 0 Å². The van der Waals surface area contributed by atoms with Crippen molar-refractivity contribution in [3.63, 3.8) is 0 Å². The molecule has 0 saturated carbocycles. The summed E-state index contributed by atoms with van der Waals surface area (Å²) >= 11 is 17.8. The predicted molar refractivity (Wildman–Crippen MR) is 75.6 cm³/mol. The highest BCUT2D eigenvalue weighted by atomic mass is 35.5. The van der Waals surface area contributed by atoms with E-state index in [1.54, 1.807) is 42.5 Å². The van der Waals surface area contributed by atoms with Crippen LogP contribution in [0.25, 0.3) is 5.57 Å². The van der Waals surface area contributed by atoms with E-state index in [2.05, 4.69) is 0 Å². The topological polar surface area (TPSA) is 0 Å². The number of halogens is 4. The summed E-state index contributed by atoms with van der Waals surface area (Å²) in [6, 6.07) is 13.3. The van der Waals surface area contributed by atoms with E-state index in [4.69, 9.17) is 34.8 Å². The van der Waals surface area contributed by atoms with Gasteiger partial charge in [-0.3, -0.25) is 0 Å². The van der Waals surface area contributed by atoms with Gasteiger partial charge >= 0.3 is 0 Å². The van der Waals surface area contributed by atoms with Crippen LogP contribution in [0.1, 0.15) is 11.1 Å². The average molecular weight is 302 g/mol. The van der Waals surface area contributed by atoms with Gasteiger partial charge < -0.3 is 0 Å². The number of rotatable bonds is 2. The minimum atomic E-state index is -0.397. The van der Waals surface area contributed by atoms with Gasteiger partial charge in [-0.05, 0) is 12.1 Å². The third-order valence-electron chi connectivity index (χ3n) is 2.48. The van der Waals surface area contributed by atoms with Gasteiger partial charge in [0.1, 0.15) is 10.3 Å². The van der Waals surface area contributed by atoms with Crippen molar-refractivity contribution in [3.05, 3.63) is 75.0 Å². The van der Waals surface area contributed by atoms with Gasteiger partial charge in [0.15, 0.2) is 0 Å². The molecule has 2 aromatic carbocycles. The van der Waals surface area contributed by atoms with Crippen LogP contribution in [0.15, 0.2) is 53.0 Å². The molecule has 0 spiro atoms. The van der Waals surface area contributed by atoms with Crippen LogP contribution in [0.3, 0.4) is 0 Å². The lowest BCUT2D eigenvalue weighted by Gasteiger charge is -2.11. The minimum Gasteiger partial charge on any atom is -0.206 e. The van der Waals surface area contributed by atoms with Crippen molar-refractivity contribution in [1.29, 1.82) is 0 Å².